The van der Waals surface area contributed by atoms with Crippen LogP contribution in [0, 0.1) is 0 Å². The van der Waals surface area contributed by atoms with Gasteiger partial charge in [0.2, 0.25) is 5.95 Å². The summed E-state index contributed by atoms with van der Waals surface area (Å²) < 4.78 is 7.74. The van der Waals surface area contributed by atoms with Crippen molar-refractivity contribution >= 4 is 51.4 Å². The fourth-order valence-electron chi connectivity index (χ4n) is 4.28. The topological polar surface area (TPSA) is 97.2 Å². The lowest BCUT2D eigenvalue weighted by Gasteiger charge is -2.21. The highest BCUT2D eigenvalue weighted by atomic mass is 35.5. The van der Waals surface area contributed by atoms with Crippen molar-refractivity contribution in [3.63, 3.8) is 0 Å². The molecule has 0 saturated carbocycles. The first-order valence-corrected chi connectivity index (χ1v) is 12.2. The van der Waals surface area contributed by atoms with Gasteiger partial charge in [-0.2, -0.15) is 0 Å². The molecule has 0 aliphatic carbocycles. The third-order valence-electron chi connectivity index (χ3n) is 6.11. The van der Waals surface area contributed by atoms with Gasteiger partial charge in [0.1, 0.15) is 10.9 Å². The molecule has 5 aromatic rings. The first-order valence-electron chi connectivity index (χ1n) is 11.8. The quantitative estimate of drug-likeness (QED) is 0.260. The van der Waals surface area contributed by atoms with Gasteiger partial charge in [0.15, 0.2) is 0 Å². The van der Waals surface area contributed by atoms with Crippen LogP contribution in [0.25, 0.3) is 22.2 Å². The lowest BCUT2D eigenvalue weighted by molar-refractivity contribution is 0.102. The first-order chi connectivity index (χ1) is 18.3. The van der Waals surface area contributed by atoms with E-state index in [4.69, 9.17) is 21.3 Å². The SMILES string of the molecule is COc1cc(N(C)C)c(NC(=O)c2ccnc(Cl)c2)cc1Nc1nccc(-c2cn(C)c3ccccc23)n1. The van der Waals surface area contributed by atoms with Crippen LogP contribution in [0.1, 0.15) is 10.4 Å². The Morgan fingerprint density at radius 2 is 1.82 bits per heavy atom. The van der Waals surface area contributed by atoms with E-state index in [0.29, 0.717) is 28.6 Å². The summed E-state index contributed by atoms with van der Waals surface area (Å²) in [6.45, 7) is 0. The number of anilines is 4. The lowest BCUT2D eigenvalue weighted by atomic mass is 10.1. The van der Waals surface area contributed by atoms with Crippen molar-refractivity contribution in [1.82, 2.24) is 19.5 Å². The number of ether oxygens (including phenoxy) is 1. The summed E-state index contributed by atoms with van der Waals surface area (Å²) in [7, 11) is 7.37. The van der Waals surface area contributed by atoms with Crippen molar-refractivity contribution in [2.75, 3.05) is 36.7 Å². The average molecular weight is 528 g/mol. The molecular formula is C28H26ClN7O2. The van der Waals surface area contributed by atoms with Gasteiger partial charge in [-0.05, 0) is 30.3 Å². The number of carbonyl (C=O) groups excluding carboxylic acids is 1. The zero-order valence-electron chi connectivity index (χ0n) is 21.4. The molecular weight excluding hydrogens is 502 g/mol. The smallest absolute Gasteiger partial charge is 0.255 e. The van der Waals surface area contributed by atoms with Crippen molar-refractivity contribution < 1.29 is 9.53 Å². The van der Waals surface area contributed by atoms with E-state index in [1.165, 1.54) is 12.3 Å². The maximum absolute atomic E-state index is 13.0. The maximum atomic E-state index is 13.0. The molecule has 0 bridgehead atoms. The Balaban J connectivity index is 1.50. The normalized spacial score (nSPS) is 10.9. The minimum atomic E-state index is -0.317. The second kappa shape index (κ2) is 10.4. The predicted octanol–water partition coefficient (Wildman–Crippen LogP) is 5.75. The molecule has 0 aliphatic rings. The summed E-state index contributed by atoms with van der Waals surface area (Å²) in [5.41, 5.74) is 5.22. The molecule has 0 unspecified atom stereocenters. The van der Waals surface area contributed by atoms with Crippen molar-refractivity contribution in [1.29, 1.82) is 0 Å². The van der Waals surface area contributed by atoms with Gasteiger partial charge in [0.05, 0.1) is 29.9 Å². The molecule has 0 aliphatic heterocycles. The van der Waals surface area contributed by atoms with E-state index in [-0.39, 0.29) is 11.1 Å². The number of amides is 1. The molecule has 2 aromatic carbocycles. The molecule has 38 heavy (non-hydrogen) atoms. The van der Waals surface area contributed by atoms with Gasteiger partial charge in [-0.15, -0.1) is 0 Å². The minimum Gasteiger partial charge on any atom is -0.494 e. The number of hydrogen-bond donors (Lipinski definition) is 2. The maximum Gasteiger partial charge on any atom is 0.255 e. The summed E-state index contributed by atoms with van der Waals surface area (Å²) in [4.78, 5) is 28.0. The molecule has 3 heterocycles. The molecule has 2 N–H and O–H groups in total. The number of aromatic nitrogens is 4. The standard InChI is InChI=1S/C28H26ClN7O2/c1-35(2)24-15-25(38-4)22(14-21(24)32-27(37)17-9-11-30-26(29)13-17)34-28-31-12-10-20(33-28)19-16-36(3)23-8-6-5-7-18(19)23/h5-16H,1-4H3,(H,32,37)(H,31,33,34). The molecule has 9 nitrogen and oxygen atoms in total. The van der Waals surface area contributed by atoms with Gasteiger partial charge in [0.25, 0.3) is 5.91 Å². The number of methoxy groups -OCH3 is 1. The fourth-order valence-corrected chi connectivity index (χ4v) is 4.45. The number of aryl methyl sites for hydroxylation is 1. The Bertz CT molecular complexity index is 1650. The van der Waals surface area contributed by atoms with E-state index in [1.807, 2.05) is 50.3 Å². The second-order valence-corrected chi connectivity index (χ2v) is 9.23. The number of pyridine rings is 1. The first kappa shape index (κ1) is 25.0. The van der Waals surface area contributed by atoms with Crippen molar-refractivity contribution in [2.24, 2.45) is 7.05 Å². The third kappa shape index (κ3) is 4.96. The monoisotopic (exact) mass is 527 g/mol. The molecule has 0 spiro atoms. The van der Waals surface area contributed by atoms with Crippen molar-refractivity contribution in [3.05, 3.63) is 83.9 Å². The van der Waals surface area contributed by atoms with Gasteiger partial charge in [0, 0.05) is 67.8 Å². The number of nitrogens with zero attached hydrogens (tertiary/aromatic N) is 5. The minimum absolute atomic E-state index is 0.241. The van der Waals surface area contributed by atoms with Crippen LogP contribution >= 0.6 is 11.6 Å². The largest absolute Gasteiger partial charge is 0.494 e. The molecule has 5 rings (SSSR count). The molecule has 1 amide bonds. The lowest BCUT2D eigenvalue weighted by Crippen LogP contribution is -2.17. The second-order valence-electron chi connectivity index (χ2n) is 8.85. The number of fused-ring (bicyclic) bond motifs is 1. The summed E-state index contributed by atoms with van der Waals surface area (Å²) >= 11 is 5.98. The van der Waals surface area contributed by atoms with Crippen LogP contribution in [-0.4, -0.2) is 46.6 Å². The number of carbonyl (C=O) groups is 1. The highest BCUT2D eigenvalue weighted by molar-refractivity contribution is 6.29. The number of rotatable bonds is 7. The van der Waals surface area contributed by atoms with Crippen LogP contribution in [0.5, 0.6) is 5.75 Å². The van der Waals surface area contributed by atoms with Crippen molar-refractivity contribution in [2.45, 2.75) is 0 Å². The zero-order valence-corrected chi connectivity index (χ0v) is 22.1. The van der Waals surface area contributed by atoms with Gasteiger partial charge in [-0.1, -0.05) is 29.8 Å². The Labute approximate surface area is 225 Å². The van der Waals surface area contributed by atoms with Crippen LogP contribution < -0.4 is 20.3 Å². The summed E-state index contributed by atoms with van der Waals surface area (Å²) in [5, 5.41) is 7.58. The van der Waals surface area contributed by atoms with Gasteiger partial charge >= 0.3 is 0 Å². The van der Waals surface area contributed by atoms with Crippen LogP contribution in [0.15, 0.2) is 73.2 Å². The highest BCUT2D eigenvalue weighted by Gasteiger charge is 2.17. The molecule has 0 radical (unpaired) electrons. The number of halogens is 1. The molecule has 0 atom stereocenters. The van der Waals surface area contributed by atoms with E-state index < -0.39 is 0 Å². The molecule has 10 heteroatoms. The average Bonchev–Trinajstić information content (AvgIpc) is 3.25. The van der Waals surface area contributed by atoms with Gasteiger partial charge in [-0.25, -0.2) is 15.0 Å². The molecule has 0 saturated heterocycles. The summed E-state index contributed by atoms with van der Waals surface area (Å²) in [6.07, 6.45) is 5.26. The Morgan fingerprint density at radius 1 is 1.03 bits per heavy atom. The summed E-state index contributed by atoms with van der Waals surface area (Å²) in [6, 6.07) is 16.8. The zero-order chi connectivity index (χ0) is 26.8. The summed E-state index contributed by atoms with van der Waals surface area (Å²) in [5.74, 6) is 0.644. The van der Waals surface area contributed by atoms with Crippen LogP contribution in [-0.2, 0) is 7.05 Å². The van der Waals surface area contributed by atoms with Crippen molar-refractivity contribution in [3.8, 4) is 17.0 Å². The van der Waals surface area contributed by atoms with Crippen LogP contribution in [0.3, 0.4) is 0 Å². The van der Waals surface area contributed by atoms with E-state index in [9.17, 15) is 4.79 Å². The van der Waals surface area contributed by atoms with Gasteiger partial charge < -0.3 is 24.8 Å². The number of hydrogen-bond acceptors (Lipinski definition) is 7. The highest BCUT2D eigenvalue weighted by Crippen LogP contribution is 2.38. The van der Waals surface area contributed by atoms with Crippen LogP contribution in [0.4, 0.5) is 23.0 Å². The van der Waals surface area contributed by atoms with E-state index in [1.54, 1.807) is 25.4 Å². The third-order valence-corrected chi connectivity index (χ3v) is 6.32. The number of para-hydroxylation sites is 1. The fraction of sp³-hybridized carbons (Fsp3) is 0.143. The Morgan fingerprint density at radius 3 is 2.58 bits per heavy atom. The van der Waals surface area contributed by atoms with Gasteiger partial charge in [-0.3, -0.25) is 4.79 Å². The number of nitrogens with one attached hydrogen (secondary N) is 2. The van der Waals surface area contributed by atoms with E-state index in [2.05, 4.69) is 43.5 Å². The van der Waals surface area contributed by atoms with Crippen LogP contribution in [0.2, 0.25) is 5.15 Å². The predicted molar refractivity (Wildman–Crippen MR) is 152 cm³/mol. The van der Waals surface area contributed by atoms with E-state index in [0.717, 1.165) is 27.8 Å². The molecule has 192 valence electrons. The molecule has 3 aromatic heterocycles. The van der Waals surface area contributed by atoms with E-state index >= 15 is 0 Å². The number of benzene rings is 2. The molecule has 0 fully saturated rings. The Kier molecular flexibility index (Phi) is 6.85. The Hall–Kier alpha value is -4.63.